The van der Waals surface area contributed by atoms with Crippen LogP contribution in [-0.4, -0.2) is 77.3 Å². The number of fused-ring (bicyclic) bond motifs is 1. The molecule has 0 spiro atoms. The third-order valence-electron chi connectivity index (χ3n) is 5.69. The first-order valence-corrected chi connectivity index (χ1v) is 9.69. The third-order valence-corrected chi connectivity index (χ3v) is 6.06. The van der Waals surface area contributed by atoms with Gasteiger partial charge in [0.15, 0.2) is 5.82 Å². The van der Waals surface area contributed by atoms with E-state index in [9.17, 15) is 18.4 Å². The first-order valence-electron chi connectivity index (χ1n) is 9.32. The number of hydrogen-bond acceptors (Lipinski definition) is 3. The number of aromatic amines is 1. The van der Waals surface area contributed by atoms with Crippen LogP contribution in [0.15, 0.2) is 12.1 Å². The number of likely N-dealkylation sites (tertiary alicyclic amines) is 1. The lowest BCUT2D eigenvalue weighted by Gasteiger charge is -2.36. The lowest BCUT2D eigenvalue weighted by atomic mass is 10.1. The van der Waals surface area contributed by atoms with Crippen molar-refractivity contribution in [2.75, 3.05) is 39.8 Å². The largest absolute Gasteiger partial charge is 0.348 e. The number of nitrogens with zero attached hydrogens (tertiary/aromatic N) is 3. The monoisotopic (exact) mass is 410 g/mol. The van der Waals surface area contributed by atoms with Crippen LogP contribution in [0.5, 0.6) is 0 Å². The summed E-state index contributed by atoms with van der Waals surface area (Å²) in [6, 6.07) is 2.38. The summed E-state index contributed by atoms with van der Waals surface area (Å²) in [6.45, 7) is 2.37. The Morgan fingerprint density at radius 3 is 2.43 bits per heavy atom. The fourth-order valence-corrected chi connectivity index (χ4v) is 4.30. The topological polar surface area (TPSA) is 59.7 Å². The van der Waals surface area contributed by atoms with E-state index in [2.05, 4.69) is 9.88 Å². The van der Waals surface area contributed by atoms with Crippen molar-refractivity contribution in [3.05, 3.63) is 34.5 Å². The smallest absolute Gasteiger partial charge is 0.273 e. The maximum Gasteiger partial charge on any atom is 0.273 e. The van der Waals surface area contributed by atoms with Crippen molar-refractivity contribution in [1.29, 1.82) is 0 Å². The molecular formula is C19H21ClF2N4O2. The van der Waals surface area contributed by atoms with Gasteiger partial charge in [0.25, 0.3) is 5.91 Å². The molecule has 3 heterocycles. The van der Waals surface area contributed by atoms with Crippen molar-refractivity contribution >= 4 is 34.3 Å². The number of benzene rings is 1. The molecule has 0 saturated carbocycles. The zero-order valence-corrected chi connectivity index (χ0v) is 16.2. The first-order chi connectivity index (χ1) is 13.4. The lowest BCUT2D eigenvalue weighted by Crippen LogP contribution is -2.54. The Balaban J connectivity index is 1.47. The highest BCUT2D eigenvalue weighted by Gasteiger charge is 2.34. The van der Waals surface area contributed by atoms with E-state index < -0.39 is 17.5 Å². The van der Waals surface area contributed by atoms with Gasteiger partial charge < -0.3 is 14.8 Å². The molecule has 9 heteroatoms. The maximum atomic E-state index is 14.7. The predicted octanol–water partition coefficient (Wildman–Crippen LogP) is 2.48. The average Bonchev–Trinajstić information content (AvgIpc) is 3.27. The minimum Gasteiger partial charge on any atom is -0.348 e. The number of H-pyrrole nitrogens is 1. The Bertz CT molecular complexity index is 940. The fourth-order valence-electron chi connectivity index (χ4n) is 4.05. The summed E-state index contributed by atoms with van der Waals surface area (Å²) in [5, 5.41) is -0.468. The summed E-state index contributed by atoms with van der Waals surface area (Å²) in [6.07, 6.45) is 1.86. The predicted molar refractivity (Wildman–Crippen MR) is 101 cm³/mol. The van der Waals surface area contributed by atoms with Crippen molar-refractivity contribution < 1.29 is 18.4 Å². The number of halogens is 3. The summed E-state index contributed by atoms with van der Waals surface area (Å²) < 4.78 is 28.3. The molecular weight excluding hydrogens is 390 g/mol. The molecule has 28 heavy (non-hydrogen) atoms. The fraction of sp³-hybridized carbons (Fsp3) is 0.474. The second-order valence-electron chi connectivity index (χ2n) is 7.35. The second kappa shape index (κ2) is 7.33. The van der Waals surface area contributed by atoms with Gasteiger partial charge in [-0.25, -0.2) is 8.78 Å². The van der Waals surface area contributed by atoms with Crippen LogP contribution in [0.1, 0.15) is 23.3 Å². The molecule has 150 valence electrons. The van der Waals surface area contributed by atoms with Gasteiger partial charge in [-0.2, -0.15) is 0 Å². The number of carbonyl (C=O) groups excluding carboxylic acids is 2. The van der Waals surface area contributed by atoms with Crippen molar-refractivity contribution in [2.45, 2.75) is 18.9 Å². The number of amides is 2. The highest BCUT2D eigenvalue weighted by molar-refractivity contribution is 6.35. The minimum atomic E-state index is -0.851. The minimum absolute atomic E-state index is 0.0890. The Kier molecular flexibility index (Phi) is 5.01. The summed E-state index contributed by atoms with van der Waals surface area (Å²) in [4.78, 5) is 33.5. The molecule has 1 N–H and O–H groups in total. The second-order valence-corrected chi connectivity index (χ2v) is 7.73. The molecule has 2 saturated heterocycles. The quantitative estimate of drug-likeness (QED) is 0.827. The van der Waals surface area contributed by atoms with Gasteiger partial charge in [-0.3, -0.25) is 14.5 Å². The number of piperazine rings is 1. The van der Waals surface area contributed by atoms with Crippen LogP contribution in [0.4, 0.5) is 8.78 Å². The highest BCUT2D eigenvalue weighted by Crippen LogP contribution is 2.31. The lowest BCUT2D eigenvalue weighted by molar-refractivity contribution is -0.137. The first kappa shape index (κ1) is 19.1. The van der Waals surface area contributed by atoms with E-state index in [0.29, 0.717) is 26.2 Å². The Labute approximate surface area is 166 Å². The number of aromatic nitrogens is 1. The van der Waals surface area contributed by atoms with Crippen LogP contribution in [0, 0.1) is 11.6 Å². The zero-order valence-electron chi connectivity index (χ0n) is 15.5. The van der Waals surface area contributed by atoms with Gasteiger partial charge in [-0.1, -0.05) is 11.6 Å². The molecule has 6 nitrogen and oxygen atoms in total. The van der Waals surface area contributed by atoms with Gasteiger partial charge in [0, 0.05) is 26.2 Å². The third kappa shape index (κ3) is 3.14. The SMILES string of the molecule is CN1CCC[C@@H]1C(=O)N1CCN(C(=O)c2[nH]c3ccc(F)c(Cl)c3c2F)CC1. The molecule has 0 unspecified atom stereocenters. The molecule has 2 fully saturated rings. The molecule has 0 radical (unpaired) electrons. The van der Waals surface area contributed by atoms with Gasteiger partial charge in [0.2, 0.25) is 5.91 Å². The van der Waals surface area contributed by atoms with Crippen molar-refractivity contribution in [3.63, 3.8) is 0 Å². The maximum absolute atomic E-state index is 14.7. The van der Waals surface area contributed by atoms with E-state index in [1.54, 1.807) is 4.90 Å². The van der Waals surface area contributed by atoms with Gasteiger partial charge in [-0.05, 0) is 38.6 Å². The van der Waals surface area contributed by atoms with Crippen molar-refractivity contribution in [3.8, 4) is 0 Å². The number of carbonyl (C=O) groups is 2. The number of nitrogens with one attached hydrogen (secondary N) is 1. The van der Waals surface area contributed by atoms with Gasteiger partial charge in [0.05, 0.1) is 22.0 Å². The summed E-state index contributed by atoms with van der Waals surface area (Å²) in [5.41, 5.74) is 0.0307. The van der Waals surface area contributed by atoms with Crippen LogP contribution < -0.4 is 0 Å². The van der Waals surface area contributed by atoms with E-state index in [-0.39, 0.29) is 33.6 Å². The van der Waals surface area contributed by atoms with E-state index in [1.807, 2.05) is 7.05 Å². The standard InChI is InChI=1S/C19H21ClF2N4O2/c1-24-6-2-3-13(24)18(27)25-7-9-26(10-8-25)19(28)17-16(22)14-12(23-17)5-4-11(21)15(14)20/h4-5,13,23H,2-3,6-10H2,1H3/t13-/m1/s1. The Morgan fingerprint density at radius 1 is 1.11 bits per heavy atom. The van der Waals surface area contributed by atoms with Gasteiger partial charge in [-0.15, -0.1) is 0 Å². The summed E-state index contributed by atoms with van der Waals surface area (Å²) in [5.74, 6) is -2.02. The molecule has 2 aliphatic heterocycles. The summed E-state index contributed by atoms with van der Waals surface area (Å²) in [7, 11) is 1.95. The average molecular weight is 411 g/mol. The van der Waals surface area contributed by atoms with E-state index in [0.717, 1.165) is 25.5 Å². The molecule has 2 aromatic rings. The molecule has 1 atom stereocenters. The molecule has 1 aromatic carbocycles. The molecule has 0 bridgehead atoms. The van der Waals surface area contributed by atoms with Crippen LogP contribution in [0.2, 0.25) is 5.02 Å². The summed E-state index contributed by atoms with van der Waals surface area (Å²) >= 11 is 5.85. The van der Waals surface area contributed by atoms with Crippen molar-refractivity contribution in [1.82, 2.24) is 19.7 Å². The molecule has 0 aliphatic carbocycles. The van der Waals surface area contributed by atoms with Crippen molar-refractivity contribution in [2.24, 2.45) is 0 Å². The van der Waals surface area contributed by atoms with E-state index >= 15 is 0 Å². The highest BCUT2D eigenvalue weighted by atomic mass is 35.5. The van der Waals surface area contributed by atoms with Crippen LogP contribution >= 0.6 is 11.6 Å². The Morgan fingerprint density at radius 2 is 1.79 bits per heavy atom. The van der Waals surface area contributed by atoms with Gasteiger partial charge >= 0.3 is 0 Å². The molecule has 2 aliphatic rings. The molecule has 4 rings (SSSR count). The van der Waals surface area contributed by atoms with E-state index in [1.165, 1.54) is 11.0 Å². The van der Waals surface area contributed by atoms with E-state index in [4.69, 9.17) is 11.6 Å². The molecule has 2 amide bonds. The Hall–Kier alpha value is -2.19. The van der Waals surface area contributed by atoms with Crippen LogP contribution in [-0.2, 0) is 4.79 Å². The normalized spacial score (nSPS) is 20.9. The zero-order chi connectivity index (χ0) is 20.0. The van der Waals surface area contributed by atoms with Gasteiger partial charge in [0.1, 0.15) is 11.5 Å². The number of likely N-dealkylation sites (N-methyl/N-ethyl adjacent to an activating group) is 1. The number of hydrogen-bond donors (Lipinski definition) is 1. The molecule has 1 aromatic heterocycles. The number of rotatable bonds is 2. The van der Waals surface area contributed by atoms with Crippen LogP contribution in [0.25, 0.3) is 10.9 Å². The van der Waals surface area contributed by atoms with Crippen LogP contribution in [0.3, 0.4) is 0 Å².